The van der Waals surface area contributed by atoms with Crippen LogP contribution in [0.25, 0.3) is 0 Å². The summed E-state index contributed by atoms with van der Waals surface area (Å²) < 4.78 is 5.66. The number of guanidine groups is 1. The van der Waals surface area contributed by atoms with Gasteiger partial charge in [-0.2, -0.15) is 0 Å². The number of hydrogen-bond donors (Lipinski definition) is 2. The number of carbonyl (C=O) groups is 1. The zero-order chi connectivity index (χ0) is 20.5. The molecular formula is C23H36N4O2. The van der Waals surface area contributed by atoms with E-state index >= 15 is 0 Å². The van der Waals surface area contributed by atoms with Crippen molar-refractivity contribution in [2.75, 3.05) is 39.8 Å². The normalized spacial score (nSPS) is 18.9. The average Bonchev–Trinajstić information content (AvgIpc) is 3.39. The topological polar surface area (TPSA) is 66.0 Å². The van der Waals surface area contributed by atoms with Crippen molar-refractivity contribution in [3.05, 3.63) is 29.8 Å². The smallest absolute Gasteiger partial charge is 0.222 e. The van der Waals surface area contributed by atoms with Gasteiger partial charge in [0.2, 0.25) is 5.91 Å². The summed E-state index contributed by atoms with van der Waals surface area (Å²) in [6, 6.07) is 8.39. The number of nitrogens with zero attached hydrogens (tertiary/aromatic N) is 2. The van der Waals surface area contributed by atoms with E-state index in [1.54, 1.807) is 7.11 Å². The number of benzene rings is 1. The van der Waals surface area contributed by atoms with Crippen LogP contribution in [-0.4, -0.2) is 56.6 Å². The summed E-state index contributed by atoms with van der Waals surface area (Å²) >= 11 is 0. The molecule has 2 N–H and O–H groups in total. The van der Waals surface area contributed by atoms with Gasteiger partial charge in [-0.3, -0.25) is 9.79 Å². The summed E-state index contributed by atoms with van der Waals surface area (Å²) in [5.41, 5.74) is 1.34. The second-order valence-corrected chi connectivity index (χ2v) is 8.15. The predicted octanol–water partition coefficient (Wildman–Crippen LogP) is 3.07. The molecule has 29 heavy (non-hydrogen) atoms. The molecule has 0 radical (unpaired) electrons. The number of hydrogen-bond acceptors (Lipinski definition) is 3. The van der Waals surface area contributed by atoms with Gasteiger partial charge in [0, 0.05) is 43.6 Å². The lowest BCUT2D eigenvalue weighted by molar-refractivity contribution is -0.127. The lowest BCUT2D eigenvalue weighted by Crippen LogP contribution is -2.40. The first-order chi connectivity index (χ1) is 14.2. The summed E-state index contributed by atoms with van der Waals surface area (Å²) in [7, 11) is 1.75. The zero-order valence-corrected chi connectivity index (χ0v) is 18.0. The van der Waals surface area contributed by atoms with Crippen LogP contribution >= 0.6 is 0 Å². The van der Waals surface area contributed by atoms with Crippen molar-refractivity contribution >= 4 is 11.9 Å². The van der Waals surface area contributed by atoms with E-state index < -0.39 is 0 Å². The van der Waals surface area contributed by atoms with Gasteiger partial charge >= 0.3 is 0 Å². The number of carbonyl (C=O) groups excluding carboxylic acids is 1. The molecule has 0 atom stereocenters. The molecule has 0 bridgehead atoms. The zero-order valence-electron chi connectivity index (χ0n) is 18.0. The summed E-state index contributed by atoms with van der Waals surface area (Å²) in [6.07, 6.45) is 7.42. The first-order valence-electron chi connectivity index (χ1n) is 11.1. The van der Waals surface area contributed by atoms with Crippen molar-refractivity contribution in [1.29, 1.82) is 0 Å². The molecule has 6 nitrogen and oxygen atoms in total. The maximum absolute atomic E-state index is 11.7. The fraction of sp³-hybridized carbons (Fsp3) is 0.652. The van der Waals surface area contributed by atoms with Crippen LogP contribution in [0.4, 0.5) is 0 Å². The van der Waals surface area contributed by atoms with Crippen molar-refractivity contribution < 1.29 is 9.53 Å². The Hall–Kier alpha value is -2.24. The SMILES string of the molecule is CCNC(=NCC1(c2ccccc2OC)CCCC1)NCCCN1CCCC1=O. The number of nitrogens with one attached hydrogen (secondary N) is 2. The summed E-state index contributed by atoms with van der Waals surface area (Å²) in [5, 5.41) is 6.82. The highest BCUT2D eigenvalue weighted by Gasteiger charge is 2.37. The standard InChI is InChI=1S/C23H36N4O2/c1-3-24-22(25-15-9-17-27-16-8-12-21(27)28)26-18-23(13-6-7-14-23)19-10-4-5-11-20(19)29-2/h4-5,10-11H,3,6-9,12-18H2,1-2H3,(H2,24,25,26). The van der Waals surface area contributed by atoms with Crippen molar-refractivity contribution in [3.8, 4) is 5.75 Å². The highest BCUT2D eigenvalue weighted by atomic mass is 16.5. The third-order valence-corrected chi connectivity index (χ3v) is 6.19. The van der Waals surface area contributed by atoms with Crippen LogP contribution in [-0.2, 0) is 10.2 Å². The van der Waals surface area contributed by atoms with Crippen LogP contribution in [0.2, 0.25) is 0 Å². The number of ether oxygens (including phenoxy) is 1. The quantitative estimate of drug-likeness (QED) is 0.380. The number of amides is 1. The number of aliphatic imine (C=N–C) groups is 1. The highest BCUT2D eigenvalue weighted by Crippen LogP contribution is 2.44. The molecule has 1 aromatic carbocycles. The molecule has 1 aliphatic heterocycles. The molecule has 1 amide bonds. The van der Waals surface area contributed by atoms with Crippen LogP contribution in [0, 0.1) is 0 Å². The van der Waals surface area contributed by atoms with E-state index in [0.29, 0.717) is 12.3 Å². The maximum Gasteiger partial charge on any atom is 0.222 e. The minimum Gasteiger partial charge on any atom is -0.496 e. The first kappa shape index (κ1) is 21.5. The Bertz CT molecular complexity index is 698. The lowest BCUT2D eigenvalue weighted by atomic mass is 9.78. The number of methoxy groups -OCH3 is 1. The molecule has 2 aliphatic rings. The summed E-state index contributed by atoms with van der Waals surface area (Å²) in [5.74, 6) is 2.13. The van der Waals surface area contributed by atoms with Crippen molar-refractivity contribution in [3.63, 3.8) is 0 Å². The Balaban J connectivity index is 1.61. The molecule has 0 unspecified atom stereocenters. The van der Waals surface area contributed by atoms with Crippen LogP contribution in [0.1, 0.15) is 57.4 Å². The lowest BCUT2D eigenvalue weighted by Gasteiger charge is -2.30. The molecule has 0 spiro atoms. The molecule has 6 heteroatoms. The maximum atomic E-state index is 11.7. The third kappa shape index (κ3) is 5.43. The molecule has 1 heterocycles. The van der Waals surface area contributed by atoms with Gasteiger partial charge in [-0.1, -0.05) is 31.0 Å². The summed E-state index contributed by atoms with van der Waals surface area (Å²) in [4.78, 5) is 18.7. The predicted molar refractivity (Wildman–Crippen MR) is 118 cm³/mol. The minimum absolute atomic E-state index is 0.0525. The van der Waals surface area contributed by atoms with E-state index in [-0.39, 0.29) is 5.41 Å². The van der Waals surface area contributed by atoms with E-state index in [1.807, 2.05) is 11.0 Å². The molecule has 3 rings (SSSR count). The van der Waals surface area contributed by atoms with Crippen LogP contribution < -0.4 is 15.4 Å². The van der Waals surface area contributed by atoms with Gasteiger partial charge in [0.15, 0.2) is 5.96 Å². The minimum atomic E-state index is 0.0525. The van der Waals surface area contributed by atoms with Crippen LogP contribution in [0.15, 0.2) is 29.3 Å². The van der Waals surface area contributed by atoms with E-state index in [0.717, 1.165) is 70.1 Å². The fourth-order valence-electron chi connectivity index (χ4n) is 4.64. The first-order valence-corrected chi connectivity index (χ1v) is 11.1. The molecule has 160 valence electrons. The van der Waals surface area contributed by atoms with Crippen LogP contribution in [0.5, 0.6) is 5.75 Å². The van der Waals surface area contributed by atoms with Gasteiger partial charge in [0.05, 0.1) is 13.7 Å². The number of likely N-dealkylation sites (tertiary alicyclic amines) is 1. The molecule has 2 fully saturated rings. The van der Waals surface area contributed by atoms with E-state index in [9.17, 15) is 4.79 Å². The van der Waals surface area contributed by atoms with Crippen molar-refractivity contribution in [2.45, 2.75) is 57.3 Å². The Morgan fingerprint density at radius 3 is 2.69 bits per heavy atom. The average molecular weight is 401 g/mol. The Morgan fingerprint density at radius 1 is 1.21 bits per heavy atom. The largest absolute Gasteiger partial charge is 0.496 e. The Morgan fingerprint density at radius 2 is 2.00 bits per heavy atom. The van der Waals surface area contributed by atoms with E-state index in [4.69, 9.17) is 9.73 Å². The van der Waals surface area contributed by atoms with Crippen molar-refractivity contribution in [1.82, 2.24) is 15.5 Å². The van der Waals surface area contributed by atoms with Gasteiger partial charge < -0.3 is 20.3 Å². The van der Waals surface area contributed by atoms with E-state index in [2.05, 4.69) is 35.8 Å². The molecule has 1 saturated heterocycles. The van der Waals surface area contributed by atoms with Gasteiger partial charge in [0.25, 0.3) is 0 Å². The molecular weight excluding hydrogens is 364 g/mol. The molecule has 1 aliphatic carbocycles. The monoisotopic (exact) mass is 400 g/mol. The second-order valence-electron chi connectivity index (χ2n) is 8.15. The van der Waals surface area contributed by atoms with Crippen LogP contribution in [0.3, 0.4) is 0 Å². The molecule has 0 aromatic heterocycles. The fourth-order valence-corrected chi connectivity index (χ4v) is 4.64. The number of para-hydroxylation sites is 1. The second kappa shape index (κ2) is 10.5. The van der Waals surface area contributed by atoms with Gasteiger partial charge in [-0.25, -0.2) is 0 Å². The third-order valence-electron chi connectivity index (χ3n) is 6.19. The molecule has 1 saturated carbocycles. The number of rotatable bonds is 9. The Kier molecular flexibility index (Phi) is 7.78. The Labute approximate surface area is 175 Å². The van der Waals surface area contributed by atoms with Gasteiger partial charge in [-0.15, -0.1) is 0 Å². The van der Waals surface area contributed by atoms with Gasteiger partial charge in [0.1, 0.15) is 5.75 Å². The summed E-state index contributed by atoms with van der Waals surface area (Å²) in [6.45, 7) is 6.24. The highest BCUT2D eigenvalue weighted by molar-refractivity contribution is 5.80. The molecule has 1 aromatic rings. The van der Waals surface area contributed by atoms with Crippen molar-refractivity contribution in [2.24, 2.45) is 4.99 Å². The van der Waals surface area contributed by atoms with E-state index in [1.165, 1.54) is 18.4 Å². The van der Waals surface area contributed by atoms with Gasteiger partial charge in [-0.05, 0) is 38.7 Å².